The number of nitrogens with zero attached hydrogens (tertiary/aromatic N) is 2. The van der Waals surface area contributed by atoms with Crippen molar-refractivity contribution in [3.05, 3.63) is 35.1 Å². The van der Waals surface area contributed by atoms with Crippen LogP contribution in [0.5, 0.6) is 0 Å². The van der Waals surface area contributed by atoms with Gasteiger partial charge in [0.05, 0.1) is 17.1 Å². The summed E-state index contributed by atoms with van der Waals surface area (Å²) in [5.41, 5.74) is 0.746. The standard InChI is InChI=1S/C11H11ClN4O2/c1-13-8(17)6-14-11(18)10-9(12)7-4-2-3-5-16(7)15-10/h2-5H,6H2,1H3,(H,13,17)(H,14,18). The third-order valence-electron chi connectivity index (χ3n) is 2.38. The molecular weight excluding hydrogens is 256 g/mol. The van der Waals surface area contributed by atoms with Gasteiger partial charge < -0.3 is 10.6 Å². The Morgan fingerprint density at radius 1 is 1.44 bits per heavy atom. The predicted octanol–water partition coefficient (Wildman–Crippen LogP) is 0.464. The highest BCUT2D eigenvalue weighted by Gasteiger charge is 2.17. The van der Waals surface area contributed by atoms with E-state index in [-0.39, 0.29) is 23.2 Å². The number of aromatic nitrogens is 2. The van der Waals surface area contributed by atoms with Gasteiger partial charge in [0.25, 0.3) is 5.91 Å². The number of amides is 2. The summed E-state index contributed by atoms with van der Waals surface area (Å²) in [6.07, 6.45) is 1.69. The minimum atomic E-state index is -0.479. The molecule has 0 aliphatic heterocycles. The van der Waals surface area contributed by atoms with Crippen molar-refractivity contribution in [1.82, 2.24) is 20.2 Å². The van der Waals surface area contributed by atoms with Gasteiger partial charge in [-0.3, -0.25) is 9.59 Å². The number of nitrogens with one attached hydrogen (secondary N) is 2. The summed E-state index contributed by atoms with van der Waals surface area (Å²) in [5.74, 6) is -0.768. The normalized spacial score (nSPS) is 10.3. The lowest BCUT2D eigenvalue weighted by Gasteiger charge is -2.01. The Balaban J connectivity index is 2.23. The van der Waals surface area contributed by atoms with Gasteiger partial charge in [-0.15, -0.1) is 0 Å². The number of fused-ring (bicyclic) bond motifs is 1. The molecule has 2 amide bonds. The first-order valence-corrected chi connectivity index (χ1v) is 5.63. The Kier molecular flexibility index (Phi) is 3.47. The minimum absolute atomic E-state index is 0.103. The first kappa shape index (κ1) is 12.4. The number of carbonyl (C=O) groups is 2. The van der Waals surface area contributed by atoms with Crippen molar-refractivity contribution in [2.75, 3.05) is 13.6 Å². The van der Waals surface area contributed by atoms with Crippen molar-refractivity contribution >= 4 is 28.9 Å². The molecular formula is C11H11ClN4O2. The Labute approximate surface area is 108 Å². The van der Waals surface area contributed by atoms with Crippen LogP contribution in [0.3, 0.4) is 0 Å². The molecule has 0 bridgehead atoms. The Morgan fingerprint density at radius 2 is 2.22 bits per heavy atom. The highest BCUT2D eigenvalue weighted by atomic mass is 35.5. The second kappa shape index (κ2) is 5.05. The number of rotatable bonds is 3. The van der Waals surface area contributed by atoms with Crippen LogP contribution in [0.4, 0.5) is 0 Å². The van der Waals surface area contributed by atoms with Gasteiger partial charge in [0.1, 0.15) is 0 Å². The fourth-order valence-corrected chi connectivity index (χ4v) is 1.72. The van der Waals surface area contributed by atoms with Crippen LogP contribution in [0.25, 0.3) is 5.52 Å². The third kappa shape index (κ3) is 2.28. The zero-order valence-electron chi connectivity index (χ0n) is 9.61. The van der Waals surface area contributed by atoms with E-state index in [0.29, 0.717) is 5.52 Å². The van der Waals surface area contributed by atoms with E-state index in [9.17, 15) is 9.59 Å². The zero-order chi connectivity index (χ0) is 13.1. The summed E-state index contributed by atoms with van der Waals surface area (Å²) in [5, 5.41) is 9.17. The van der Waals surface area contributed by atoms with E-state index >= 15 is 0 Å². The van der Waals surface area contributed by atoms with Crippen molar-refractivity contribution in [1.29, 1.82) is 0 Å². The van der Waals surface area contributed by atoms with Gasteiger partial charge in [0, 0.05) is 13.2 Å². The van der Waals surface area contributed by atoms with Crippen LogP contribution in [0.1, 0.15) is 10.5 Å². The van der Waals surface area contributed by atoms with E-state index in [2.05, 4.69) is 15.7 Å². The molecule has 0 spiro atoms. The van der Waals surface area contributed by atoms with Crippen LogP contribution >= 0.6 is 11.6 Å². The summed E-state index contributed by atoms with van der Waals surface area (Å²) < 4.78 is 1.51. The van der Waals surface area contributed by atoms with Gasteiger partial charge in [0.15, 0.2) is 5.69 Å². The summed E-state index contributed by atoms with van der Waals surface area (Å²) in [6, 6.07) is 5.34. The van der Waals surface area contributed by atoms with Crippen molar-refractivity contribution < 1.29 is 9.59 Å². The summed E-state index contributed by atoms with van der Waals surface area (Å²) >= 11 is 6.06. The molecule has 7 heteroatoms. The number of pyridine rings is 1. The van der Waals surface area contributed by atoms with Crippen molar-refractivity contribution in [2.24, 2.45) is 0 Å². The topological polar surface area (TPSA) is 75.5 Å². The number of halogens is 1. The van der Waals surface area contributed by atoms with Crippen LogP contribution in [-0.2, 0) is 4.79 Å². The Hall–Kier alpha value is -2.08. The van der Waals surface area contributed by atoms with Crippen LogP contribution < -0.4 is 10.6 Å². The van der Waals surface area contributed by atoms with Gasteiger partial charge in [-0.25, -0.2) is 4.52 Å². The predicted molar refractivity (Wildman–Crippen MR) is 66.6 cm³/mol. The number of hydrogen-bond acceptors (Lipinski definition) is 3. The fourth-order valence-electron chi connectivity index (χ4n) is 1.45. The van der Waals surface area contributed by atoms with E-state index in [1.165, 1.54) is 11.6 Å². The van der Waals surface area contributed by atoms with E-state index in [1.54, 1.807) is 24.4 Å². The lowest BCUT2D eigenvalue weighted by atomic mass is 10.3. The smallest absolute Gasteiger partial charge is 0.273 e. The molecule has 6 nitrogen and oxygen atoms in total. The number of hydrogen-bond donors (Lipinski definition) is 2. The highest BCUT2D eigenvalue weighted by molar-refractivity contribution is 6.36. The Bertz CT molecular complexity index is 608. The maximum Gasteiger partial charge on any atom is 0.273 e. The average Bonchev–Trinajstić information content (AvgIpc) is 2.73. The van der Waals surface area contributed by atoms with Gasteiger partial charge in [-0.1, -0.05) is 17.7 Å². The molecule has 0 aliphatic carbocycles. The molecule has 0 saturated heterocycles. The van der Waals surface area contributed by atoms with Crippen molar-refractivity contribution in [3.8, 4) is 0 Å². The molecule has 2 heterocycles. The fraction of sp³-hybridized carbons (Fsp3) is 0.182. The molecule has 2 N–H and O–H groups in total. The molecule has 2 rings (SSSR count). The van der Waals surface area contributed by atoms with Crippen molar-refractivity contribution in [2.45, 2.75) is 0 Å². The molecule has 0 radical (unpaired) electrons. The lowest BCUT2D eigenvalue weighted by molar-refractivity contribution is -0.119. The van der Waals surface area contributed by atoms with Gasteiger partial charge >= 0.3 is 0 Å². The number of carbonyl (C=O) groups excluding carboxylic acids is 2. The molecule has 0 unspecified atom stereocenters. The highest BCUT2D eigenvalue weighted by Crippen LogP contribution is 2.21. The molecule has 0 aromatic carbocycles. The quantitative estimate of drug-likeness (QED) is 0.848. The van der Waals surface area contributed by atoms with E-state index in [1.807, 2.05) is 0 Å². The first-order valence-electron chi connectivity index (χ1n) is 5.25. The summed E-state index contributed by atoms with van der Waals surface area (Å²) in [7, 11) is 1.49. The molecule has 0 atom stereocenters. The average molecular weight is 267 g/mol. The van der Waals surface area contributed by atoms with Gasteiger partial charge in [-0.2, -0.15) is 5.10 Å². The van der Waals surface area contributed by atoms with Gasteiger partial charge in [-0.05, 0) is 12.1 Å². The van der Waals surface area contributed by atoms with E-state index in [0.717, 1.165) is 0 Å². The van der Waals surface area contributed by atoms with Gasteiger partial charge in [0.2, 0.25) is 5.91 Å². The molecule has 2 aromatic rings. The van der Waals surface area contributed by atoms with Crippen LogP contribution in [0.2, 0.25) is 5.02 Å². The molecule has 94 valence electrons. The lowest BCUT2D eigenvalue weighted by Crippen LogP contribution is -2.35. The molecule has 0 saturated carbocycles. The van der Waals surface area contributed by atoms with Crippen molar-refractivity contribution in [3.63, 3.8) is 0 Å². The minimum Gasteiger partial charge on any atom is -0.358 e. The van der Waals surface area contributed by atoms with E-state index < -0.39 is 5.91 Å². The maximum absolute atomic E-state index is 11.8. The van der Waals surface area contributed by atoms with Crippen LogP contribution in [-0.4, -0.2) is 35.0 Å². The summed E-state index contributed by atoms with van der Waals surface area (Å²) in [6.45, 7) is -0.112. The van der Waals surface area contributed by atoms with E-state index in [4.69, 9.17) is 11.6 Å². The second-order valence-electron chi connectivity index (χ2n) is 3.55. The second-order valence-corrected chi connectivity index (χ2v) is 3.93. The van der Waals surface area contributed by atoms with Crippen LogP contribution in [0.15, 0.2) is 24.4 Å². The molecule has 0 fully saturated rings. The zero-order valence-corrected chi connectivity index (χ0v) is 10.4. The SMILES string of the molecule is CNC(=O)CNC(=O)c1nn2ccccc2c1Cl. The maximum atomic E-state index is 11.8. The monoisotopic (exact) mass is 266 g/mol. The Morgan fingerprint density at radius 3 is 2.89 bits per heavy atom. The molecule has 2 aromatic heterocycles. The molecule has 0 aliphatic rings. The molecule has 18 heavy (non-hydrogen) atoms. The number of likely N-dealkylation sites (N-methyl/N-ethyl adjacent to an activating group) is 1. The largest absolute Gasteiger partial charge is 0.358 e. The first-order chi connectivity index (χ1) is 8.63. The third-order valence-corrected chi connectivity index (χ3v) is 2.76. The van der Waals surface area contributed by atoms with Crippen LogP contribution in [0, 0.1) is 0 Å². The summed E-state index contributed by atoms with van der Waals surface area (Å²) in [4.78, 5) is 22.8.